The standard InChI is InChI=1S/C25H29N3O4/c1-30-19-11-9-18(10-12-19)28-23(25(29)26-17-7-5-4-6-8-17)16-22(27-28)21-14-13-20(31-2)15-24(21)32-3/h9-17H,4-8H2,1-3H3,(H,26,29). The number of aromatic nitrogens is 2. The molecule has 1 heterocycles. The summed E-state index contributed by atoms with van der Waals surface area (Å²) in [6.45, 7) is 0. The Morgan fingerprint density at radius 3 is 2.25 bits per heavy atom. The van der Waals surface area contributed by atoms with Crippen LogP contribution in [-0.4, -0.2) is 43.1 Å². The normalized spacial score (nSPS) is 14.1. The van der Waals surface area contributed by atoms with Gasteiger partial charge in [-0.1, -0.05) is 19.3 Å². The zero-order chi connectivity index (χ0) is 22.5. The van der Waals surface area contributed by atoms with Gasteiger partial charge in [-0.3, -0.25) is 4.79 Å². The monoisotopic (exact) mass is 435 g/mol. The van der Waals surface area contributed by atoms with E-state index in [9.17, 15) is 4.79 Å². The molecule has 3 aromatic rings. The highest BCUT2D eigenvalue weighted by Crippen LogP contribution is 2.33. The number of rotatable bonds is 7. The number of hydrogen-bond donors (Lipinski definition) is 1. The number of hydrogen-bond acceptors (Lipinski definition) is 5. The summed E-state index contributed by atoms with van der Waals surface area (Å²) < 4.78 is 17.8. The number of methoxy groups -OCH3 is 3. The lowest BCUT2D eigenvalue weighted by Gasteiger charge is -2.22. The molecule has 2 aromatic carbocycles. The van der Waals surface area contributed by atoms with Crippen molar-refractivity contribution in [3.63, 3.8) is 0 Å². The first-order valence-corrected chi connectivity index (χ1v) is 10.9. The molecule has 4 rings (SSSR count). The third kappa shape index (κ3) is 4.56. The second-order valence-electron chi connectivity index (χ2n) is 7.90. The molecule has 0 saturated heterocycles. The molecule has 0 atom stereocenters. The van der Waals surface area contributed by atoms with Crippen LogP contribution in [-0.2, 0) is 0 Å². The fourth-order valence-electron chi connectivity index (χ4n) is 4.11. The van der Waals surface area contributed by atoms with Gasteiger partial charge in [0, 0.05) is 17.7 Å². The van der Waals surface area contributed by atoms with Crippen molar-refractivity contribution in [3.05, 3.63) is 54.2 Å². The Labute approximate surface area is 188 Å². The first-order valence-electron chi connectivity index (χ1n) is 10.9. The van der Waals surface area contributed by atoms with Gasteiger partial charge in [-0.05, 0) is 55.3 Å². The van der Waals surface area contributed by atoms with E-state index in [1.165, 1.54) is 6.42 Å². The van der Waals surface area contributed by atoms with Crippen LogP contribution < -0.4 is 19.5 Å². The molecule has 0 aliphatic heterocycles. The van der Waals surface area contributed by atoms with Crippen molar-refractivity contribution in [2.24, 2.45) is 0 Å². The third-order valence-corrected chi connectivity index (χ3v) is 5.88. The first-order chi connectivity index (χ1) is 15.6. The first kappa shape index (κ1) is 21.7. The Hall–Kier alpha value is -3.48. The van der Waals surface area contributed by atoms with Crippen molar-refractivity contribution >= 4 is 5.91 Å². The molecule has 1 saturated carbocycles. The van der Waals surface area contributed by atoms with E-state index in [-0.39, 0.29) is 11.9 Å². The zero-order valence-corrected chi connectivity index (χ0v) is 18.8. The third-order valence-electron chi connectivity index (χ3n) is 5.88. The molecular formula is C25H29N3O4. The molecule has 1 aromatic heterocycles. The second-order valence-corrected chi connectivity index (χ2v) is 7.90. The van der Waals surface area contributed by atoms with E-state index in [1.54, 1.807) is 26.0 Å². The van der Waals surface area contributed by atoms with Crippen LogP contribution in [0.15, 0.2) is 48.5 Å². The fraction of sp³-hybridized carbons (Fsp3) is 0.360. The van der Waals surface area contributed by atoms with Crippen molar-refractivity contribution in [3.8, 4) is 34.2 Å². The van der Waals surface area contributed by atoms with Gasteiger partial charge in [0.2, 0.25) is 0 Å². The summed E-state index contributed by atoms with van der Waals surface area (Å²) in [4.78, 5) is 13.3. The van der Waals surface area contributed by atoms with E-state index >= 15 is 0 Å². The molecule has 7 heteroatoms. The highest BCUT2D eigenvalue weighted by molar-refractivity contribution is 5.94. The predicted molar refractivity (Wildman–Crippen MR) is 123 cm³/mol. The SMILES string of the molecule is COc1ccc(-n2nc(-c3ccc(OC)cc3OC)cc2C(=O)NC2CCCCC2)cc1. The van der Waals surface area contributed by atoms with Crippen LogP contribution in [0, 0.1) is 0 Å². The van der Waals surface area contributed by atoms with Gasteiger partial charge in [-0.25, -0.2) is 4.68 Å². The molecular weight excluding hydrogens is 406 g/mol. The minimum absolute atomic E-state index is 0.126. The summed E-state index contributed by atoms with van der Waals surface area (Å²) in [5.74, 6) is 1.93. The summed E-state index contributed by atoms with van der Waals surface area (Å²) >= 11 is 0. The van der Waals surface area contributed by atoms with E-state index in [1.807, 2.05) is 48.5 Å². The molecule has 0 spiro atoms. The number of carbonyl (C=O) groups excluding carboxylic acids is 1. The van der Waals surface area contributed by atoms with E-state index < -0.39 is 0 Å². The lowest BCUT2D eigenvalue weighted by atomic mass is 9.95. The van der Waals surface area contributed by atoms with E-state index in [4.69, 9.17) is 19.3 Å². The van der Waals surface area contributed by atoms with Crippen molar-refractivity contribution < 1.29 is 19.0 Å². The van der Waals surface area contributed by atoms with E-state index in [0.717, 1.165) is 42.7 Å². The Morgan fingerprint density at radius 1 is 0.906 bits per heavy atom. The molecule has 0 bridgehead atoms. The number of nitrogens with zero attached hydrogens (tertiary/aromatic N) is 2. The van der Waals surface area contributed by atoms with Gasteiger partial charge in [0.1, 0.15) is 22.9 Å². The van der Waals surface area contributed by atoms with Crippen molar-refractivity contribution in [2.45, 2.75) is 38.1 Å². The van der Waals surface area contributed by atoms with E-state index in [2.05, 4.69) is 5.32 Å². The summed E-state index contributed by atoms with van der Waals surface area (Å²) in [5.41, 5.74) is 2.69. The van der Waals surface area contributed by atoms with Crippen LogP contribution in [0.25, 0.3) is 16.9 Å². The summed E-state index contributed by atoms with van der Waals surface area (Å²) in [5, 5.41) is 7.98. The van der Waals surface area contributed by atoms with Crippen LogP contribution in [0.1, 0.15) is 42.6 Å². The molecule has 1 amide bonds. The molecule has 0 unspecified atom stereocenters. The van der Waals surface area contributed by atoms with Gasteiger partial charge in [-0.2, -0.15) is 5.10 Å². The largest absolute Gasteiger partial charge is 0.497 e. The maximum Gasteiger partial charge on any atom is 0.270 e. The summed E-state index contributed by atoms with van der Waals surface area (Å²) in [6, 6.07) is 15.1. The average Bonchev–Trinajstić information content (AvgIpc) is 3.29. The van der Waals surface area contributed by atoms with Gasteiger partial charge in [0.25, 0.3) is 5.91 Å². The number of benzene rings is 2. The maximum absolute atomic E-state index is 13.3. The fourth-order valence-corrected chi connectivity index (χ4v) is 4.11. The van der Waals surface area contributed by atoms with Crippen LogP contribution in [0.5, 0.6) is 17.2 Å². The Balaban J connectivity index is 1.75. The maximum atomic E-state index is 13.3. The predicted octanol–water partition coefficient (Wildman–Crippen LogP) is 4.63. The van der Waals surface area contributed by atoms with Crippen molar-refractivity contribution in [2.75, 3.05) is 21.3 Å². The van der Waals surface area contributed by atoms with Gasteiger partial charge in [0.15, 0.2) is 0 Å². The van der Waals surface area contributed by atoms with Gasteiger partial charge < -0.3 is 19.5 Å². The van der Waals surface area contributed by atoms with Crippen molar-refractivity contribution in [1.29, 1.82) is 0 Å². The highest BCUT2D eigenvalue weighted by Gasteiger charge is 2.23. The molecule has 1 aliphatic carbocycles. The topological polar surface area (TPSA) is 74.6 Å². The van der Waals surface area contributed by atoms with Gasteiger partial charge in [-0.15, -0.1) is 0 Å². The number of nitrogens with one attached hydrogen (secondary N) is 1. The minimum Gasteiger partial charge on any atom is -0.497 e. The summed E-state index contributed by atoms with van der Waals surface area (Å²) in [7, 11) is 4.84. The van der Waals surface area contributed by atoms with E-state index in [0.29, 0.717) is 22.9 Å². The molecule has 0 radical (unpaired) electrons. The Morgan fingerprint density at radius 2 is 1.59 bits per heavy atom. The molecule has 7 nitrogen and oxygen atoms in total. The lowest BCUT2D eigenvalue weighted by Crippen LogP contribution is -2.37. The number of ether oxygens (including phenoxy) is 3. The van der Waals surface area contributed by atoms with Crippen LogP contribution in [0.4, 0.5) is 0 Å². The molecule has 1 aliphatic rings. The van der Waals surface area contributed by atoms with Crippen LogP contribution in [0.2, 0.25) is 0 Å². The molecule has 1 N–H and O–H groups in total. The van der Waals surface area contributed by atoms with Crippen LogP contribution >= 0.6 is 0 Å². The highest BCUT2D eigenvalue weighted by atomic mass is 16.5. The van der Waals surface area contributed by atoms with Crippen molar-refractivity contribution in [1.82, 2.24) is 15.1 Å². The Bertz CT molecular complexity index is 1070. The smallest absolute Gasteiger partial charge is 0.270 e. The molecule has 32 heavy (non-hydrogen) atoms. The van der Waals surface area contributed by atoms with Gasteiger partial charge >= 0.3 is 0 Å². The lowest BCUT2D eigenvalue weighted by molar-refractivity contribution is 0.0920. The molecule has 168 valence electrons. The quantitative estimate of drug-likeness (QED) is 0.586. The number of carbonyl (C=O) groups is 1. The minimum atomic E-state index is -0.126. The second kappa shape index (κ2) is 9.77. The van der Waals surface area contributed by atoms with Gasteiger partial charge in [0.05, 0.1) is 32.7 Å². The number of amides is 1. The zero-order valence-electron chi connectivity index (χ0n) is 18.8. The summed E-state index contributed by atoms with van der Waals surface area (Å²) in [6.07, 6.45) is 5.56. The Kier molecular flexibility index (Phi) is 6.63. The molecule has 1 fully saturated rings. The average molecular weight is 436 g/mol. The van der Waals surface area contributed by atoms with Crippen LogP contribution in [0.3, 0.4) is 0 Å².